The SMILES string of the molecule is CCN1CCOC(CNS(=O)(=O)CCC(=O)O)C1. The molecule has 1 heterocycles. The van der Waals surface area contributed by atoms with E-state index in [4.69, 9.17) is 9.84 Å². The molecule has 0 aromatic heterocycles. The molecule has 1 saturated heterocycles. The molecule has 2 N–H and O–H groups in total. The monoisotopic (exact) mass is 280 g/mol. The molecule has 1 unspecified atom stereocenters. The zero-order chi connectivity index (χ0) is 13.6. The average molecular weight is 280 g/mol. The van der Waals surface area contributed by atoms with Gasteiger partial charge in [0.1, 0.15) is 0 Å². The molecule has 0 spiro atoms. The third kappa shape index (κ3) is 5.76. The van der Waals surface area contributed by atoms with E-state index in [0.717, 1.165) is 13.1 Å². The molecule has 1 fully saturated rings. The van der Waals surface area contributed by atoms with E-state index >= 15 is 0 Å². The van der Waals surface area contributed by atoms with Crippen molar-refractivity contribution in [3.05, 3.63) is 0 Å². The van der Waals surface area contributed by atoms with Crippen LogP contribution in [-0.2, 0) is 19.6 Å². The van der Waals surface area contributed by atoms with Crippen molar-refractivity contribution in [1.29, 1.82) is 0 Å². The van der Waals surface area contributed by atoms with E-state index in [0.29, 0.717) is 13.2 Å². The number of carboxylic acid groups (broad SMARTS) is 1. The summed E-state index contributed by atoms with van der Waals surface area (Å²) in [5, 5.41) is 8.44. The Morgan fingerprint density at radius 1 is 1.56 bits per heavy atom. The summed E-state index contributed by atoms with van der Waals surface area (Å²) in [5.74, 6) is -1.52. The summed E-state index contributed by atoms with van der Waals surface area (Å²) in [6, 6.07) is 0. The van der Waals surface area contributed by atoms with Gasteiger partial charge in [-0.15, -0.1) is 0 Å². The van der Waals surface area contributed by atoms with Gasteiger partial charge in [-0.05, 0) is 6.54 Å². The van der Waals surface area contributed by atoms with Crippen molar-refractivity contribution >= 4 is 16.0 Å². The molecule has 1 aliphatic heterocycles. The second-order valence-electron chi connectivity index (χ2n) is 4.20. The summed E-state index contributed by atoms with van der Waals surface area (Å²) in [6.07, 6.45) is -0.555. The predicted molar refractivity (Wildman–Crippen MR) is 65.9 cm³/mol. The Morgan fingerprint density at radius 2 is 2.28 bits per heavy atom. The molecule has 1 rings (SSSR count). The van der Waals surface area contributed by atoms with Gasteiger partial charge in [0.2, 0.25) is 10.0 Å². The second-order valence-corrected chi connectivity index (χ2v) is 6.12. The molecule has 0 bridgehead atoms. The summed E-state index contributed by atoms with van der Waals surface area (Å²) in [4.78, 5) is 12.5. The Labute approximate surface area is 107 Å². The van der Waals surface area contributed by atoms with Crippen LogP contribution in [0.15, 0.2) is 0 Å². The number of nitrogens with one attached hydrogen (secondary N) is 1. The third-order valence-corrected chi connectivity index (χ3v) is 4.13. The van der Waals surface area contributed by atoms with E-state index in [1.54, 1.807) is 0 Å². The normalized spacial score (nSPS) is 21.9. The van der Waals surface area contributed by atoms with Gasteiger partial charge in [0, 0.05) is 19.6 Å². The van der Waals surface area contributed by atoms with Gasteiger partial charge >= 0.3 is 5.97 Å². The number of carbonyl (C=O) groups is 1. The lowest BCUT2D eigenvalue weighted by atomic mass is 10.3. The molecule has 1 atom stereocenters. The van der Waals surface area contributed by atoms with Gasteiger partial charge < -0.3 is 9.84 Å². The van der Waals surface area contributed by atoms with E-state index in [2.05, 4.69) is 9.62 Å². The van der Waals surface area contributed by atoms with Crippen LogP contribution < -0.4 is 4.72 Å². The Kier molecular flexibility index (Phi) is 6.00. The van der Waals surface area contributed by atoms with Crippen molar-refractivity contribution in [2.24, 2.45) is 0 Å². The Balaban J connectivity index is 2.32. The minimum atomic E-state index is -3.53. The number of aliphatic carboxylic acids is 1. The first kappa shape index (κ1) is 15.4. The van der Waals surface area contributed by atoms with Crippen LogP contribution in [0.1, 0.15) is 13.3 Å². The van der Waals surface area contributed by atoms with Gasteiger partial charge in [0.25, 0.3) is 0 Å². The topological polar surface area (TPSA) is 95.9 Å². The van der Waals surface area contributed by atoms with Crippen molar-refractivity contribution in [3.8, 4) is 0 Å². The number of sulfonamides is 1. The lowest BCUT2D eigenvalue weighted by molar-refractivity contribution is -0.136. The molecule has 0 aromatic rings. The number of nitrogens with zero attached hydrogens (tertiary/aromatic N) is 1. The molecule has 106 valence electrons. The van der Waals surface area contributed by atoms with Gasteiger partial charge in [-0.25, -0.2) is 13.1 Å². The van der Waals surface area contributed by atoms with Gasteiger partial charge in [0.05, 0.1) is 24.9 Å². The Hall–Kier alpha value is -0.700. The first-order valence-corrected chi connectivity index (χ1v) is 7.61. The second kappa shape index (κ2) is 7.03. The smallest absolute Gasteiger partial charge is 0.304 e. The summed E-state index contributed by atoms with van der Waals surface area (Å²) in [7, 11) is -3.53. The minimum absolute atomic E-state index is 0.168. The molecule has 1 aliphatic rings. The van der Waals surface area contributed by atoms with Crippen LogP contribution in [0.2, 0.25) is 0 Å². The molecule has 0 saturated carbocycles. The number of morpholine rings is 1. The summed E-state index contributed by atoms with van der Waals surface area (Å²) in [5.41, 5.74) is 0. The molecule has 0 aliphatic carbocycles. The maximum Gasteiger partial charge on any atom is 0.304 e. The fourth-order valence-corrected chi connectivity index (χ4v) is 2.73. The third-order valence-electron chi connectivity index (χ3n) is 2.79. The number of hydrogen-bond acceptors (Lipinski definition) is 5. The number of ether oxygens (including phenoxy) is 1. The van der Waals surface area contributed by atoms with Gasteiger partial charge in [-0.2, -0.15) is 0 Å². The largest absolute Gasteiger partial charge is 0.481 e. The van der Waals surface area contributed by atoms with Crippen molar-refractivity contribution in [2.75, 3.05) is 38.5 Å². The zero-order valence-electron chi connectivity index (χ0n) is 10.5. The van der Waals surface area contributed by atoms with Crippen molar-refractivity contribution in [2.45, 2.75) is 19.4 Å². The summed E-state index contributed by atoms with van der Waals surface area (Å²) >= 11 is 0. The lowest BCUT2D eigenvalue weighted by Gasteiger charge is -2.32. The van der Waals surface area contributed by atoms with Gasteiger partial charge in [0.15, 0.2) is 0 Å². The first-order chi connectivity index (χ1) is 8.43. The maximum atomic E-state index is 11.5. The van der Waals surface area contributed by atoms with Crippen LogP contribution in [0.3, 0.4) is 0 Å². The molecule has 0 aromatic carbocycles. The quantitative estimate of drug-likeness (QED) is 0.627. The zero-order valence-corrected chi connectivity index (χ0v) is 11.3. The standard InChI is InChI=1S/C10H20N2O5S/c1-2-12-4-5-17-9(8-12)7-11-18(15,16)6-3-10(13)14/h9,11H,2-8H2,1H3,(H,13,14). The fourth-order valence-electron chi connectivity index (χ4n) is 1.70. The summed E-state index contributed by atoms with van der Waals surface area (Å²) in [6.45, 7) is 5.29. The Morgan fingerprint density at radius 3 is 2.89 bits per heavy atom. The molecule has 0 radical (unpaired) electrons. The van der Waals surface area contributed by atoms with E-state index in [-0.39, 0.29) is 19.1 Å². The molecule has 8 heteroatoms. The highest BCUT2D eigenvalue weighted by Gasteiger charge is 2.21. The van der Waals surface area contributed by atoms with Crippen molar-refractivity contribution in [1.82, 2.24) is 9.62 Å². The number of carboxylic acids is 1. The lowest BCUT2D eigenvalue weighted by Crippen LogP contribution is -2.47. The van der Waals surface area contributed by atoms with E-state index in [9.17, 15) is 13.2 Å². The molecule has 0 amide bonds. The molecule has 7 nitrogen and oxygen atoms in total. The van der Waals surface area contributed by atoms with Gasteiger partial charge in [-0.1, -0.05) is 6.92 Å². The number of hydrogen-bond donors (Lipinski definition) is 2. The van der Waals surface area contributed by atoms with Crippen LogP contribution in [-0.4, -0.2) is 69.0 Å². The van der Waals surface area contributed by atoms with Crippen LogP contribution in [0.4, 0.5) is 0 Å². The number of rotatable bonds is 7. The van der Waals surface area contributed by atoms with E-state index in [1.807, 2.05) is 6.92 Å². The predicted octanol–water partition coefficient (Wildman–Crippen LogP) is -0.899. The molecular formula is C10H20N2O5S. The molecule has 18 heavy (non-hydrogen) atoms. The average Bonchev–Trinajstić information content (AvgIpc) is 2.35. The van der Waals surface area contributed by atoms with Crippen molar-refractivity contribution in [3.63, 3.8) is 0 Å². The number of likely N-dealkylation sites (N-methyl/N-ethyl adjacent to an activating group) is 1. The highest BCUT2D eigenvalue weighted by atomic mass is 32.2. The van der Waals surface area contributed by atoms with Crippen LogP contribution in [0.25, 0.3) is 0 Å². The van der Waals surface area contributed by atoms with Crippen LogP contribution >= 0.6 is 0 Å². The van der Waals surface area contributed by atoms with Gasteiger partial charge in [-0.3, -0.25) is 9.69 Å². The fraction of sp³-hybridized carbons (Fsp3) is 0.900. The minimum Gasteiger partial charge on any atom is -0.481 e. The van der Waals surface area contributed by atoms with Crippen molar-refractivity contribution < 1.29 is 23.1 Å². The Bertz CT molecular complexity index is 370. The molecular weight excluding hydrogens is 260 g/mol. The van der Waals surface area contributed by atoms with Crippen LogP contribution in [0.5, 0.6) is 0 Å². The maximum absolute atomic E-state index is 11.5. The highest BCUT2D eigenvalue weighted by molar-refractivity contribution is 7.89. The van der Waals surface area contributed by atoms with Crippen LogP contribution in [0, 0.1) is 0 Å². The summed E-state index contributed by atoms with van der Waals surface area (Å²) < 4.78 is 30.8. The highest BCUT2D eigenvalue weighted by Crippen LogP contribution is 2.04. The first-order valence-electron chi connectivity index (χ1n) is 5.96. The van der Waals surface area contributed by atoms with E-state index in [1.165, 1.54) is 0 Å². The van der Waals surface area contributed by atoms with E-state index < -0.39 is 21.7 Å².